The van der Waals surface area contributed by atoms with Gasteiger partial charge in [0.25, 0.3) is 21.6 Å². The highest BCUT2D eigenvalue weighted by Gasteiger charge is 2.23. The Morgan fingerprint density at radius 2 is 1.72 bits per heavy atom. The molecule has 0 fully saturated rings. The number of carbonyl (C=O) groups is 1. The number of ether oxygens (including phenoxy) is 1. The van der Waals surface area contributed by atoms with Crippen molar-refractivity contribution in [2.45, 2.75) is 11.8 Å². The predicted molar refractivity (Wildman–Crippen MR) is 120 cm³/mol. The van der Waals surface area contributed by atoms with Crippen LogP contribution in [-0.2, 0) is 14.8 Å². The lowest BCUT2D eigenvalue weighted by Crippen LogP contribution is -2.30. The third-order valence-electron chi connectivity index (χ3n) is 4.45. The van der Waals surface area contributed by atoms with Gasteiger partial charge in [0.1, 0.15) is 5.75 Å². The van der Waals surface area contributed by atoms with Gasteiger partial charge in [-0.3, -0.25) is 19.2 Å². The number of anilines is 2. The molecule has 3 aromatic carbocycles. The van der Waals surface area contributed by atoms with Crippen molar-refractivity contribution in [2.24, 2.45) is 0 Å². The van der Waals surface area contributed by atoms with E-state index >= 15 is 0 Å². The van der Waals surface area contributed by atoms with Crippen LogP contribution in [0.4, 0.5) is 17.1 Å². The fraction of sp³-hybridized carbons (Fsp3) is 0.136. The zero-order valence-electron chi connectivity index (χ0n) is 17.2. The van der Waals surface area contributed by atoms with E-state index < -0.39 is 20.9 Å². The van der Waals surface area contributed by atoms with Crippen molar-refractivity contribution in [3.63, 3.8) is 0 Å². The van der Waals surface area contributed by atoms with Crippen molar-refractivity contribution < 1.29 is 22.9 Å². The Morgan fingerprint density at radius 3 is 2.34 bits per heavy atom. The normalized spacial score (nSPS) is 10.9. The number of nitro groups is 1. The van der Waals surface area contributed by atoms with Crippen LogP contribution < -0.4 is 14.4 Å². The molecular formula is C22H21N3O6S. The fourth-order valence-corrected chi connectivity index (χ4v) is 4.46. The highest BCUT2D eigenvalue weighted by atomic mass is 32.2. The lowest BCUT2D eigenvalue weighted by molar-refractivity contribution is -0.384. The molecule has 0 atom stereocenters. The summed E-state index contributed by atoms with van der Waals surface area (Å²) < 4.78 is 32.5. The average molecular weight is 455 g/mol. The Morgan fingerprint density at radius 1 is 1.03 bits per heavy atom. The van der Waals surface area contributed by atoms with E-state index in [1.165, 1.54) is 40.7 Å². The van der Waals surface area contributed by atoms with Crippen LogP contribution >= 0.6 is 0 Å². The third-order valence-corrected chi connectivity index (χ3v) is 6.37. The van der Waals surface area contributed by atoms with Gasteiger partial charge < -0.3 is 10.1 Å². The van der Waals surface area contributed by atoms with Gasteiger partial charge in [-0.15, -0.1) is 0 Å². The second kappa shape index (κ2) is 9.92. The molecule has 166 valence electrons. The minimum Gasteiger partial charge on any atom is -0.484 e. The maximum absolute atomic E-state index is 12.9. The third kappa shape index (κ3) is 5.41. The summed E-state index contributed by atoms with van der Waals surface area (Å²) in [5.41, 5.74) is 0.614. The Bertz CT molecular complexity index is 1200. The summed E-state index contributed by atoms with van der Waals surface area (Å²) in [4.78, 5) is 22.5. The predicted octanol–water partition coefficient (Wildman–Crippen LogP) is 3.83. The topological polar surface area (TPSA) is 119 Å². The summed E-state index contributed by atoms with van der Waals surface area (Å²) in [6, 6.07) is 20.1. The van der Waals surface area contributed by atoms with Crippen LogP contribution in [0.1, 0.15) is 6.92 Å². The molecule has 3 rings (SSSR count). The quantitative estimate of drug-likeness (QED) is 0.387. The maximum atomic E-state index is 12.9. The molecule has 10 heteroatoms. The second-order valence-electron chi connectivity index (χ2n) is 6.62. The molecule has 0 radical (unpaired) electrons. The molecule has 0 aromatic heterocycles. The molecular weight excluding hydrogens is 434 g/mol. The van der Waals surface area contributed by atoms with Crippen LogP contribution in [-0.4, -0.2) is 32.4 Å². The first kappa shape index (κ1) is 22.8. The van der Waals surface area contributed by atoms with Gasteiger partial charge in [0, 0.05) is 24.4 Å². The first-order chi connectivity index (χ1) is 15.3. The number of hydrogen-bond donors (Lipinski definition) is 1. The summed E-state index contributed by atoms with van der Waals surface area (Å²) >= 11 is 0. The summed E-state index contributed by atoms with van der Waals surface area (Å²) in [5.74, 6) is -0.118. The Kier molecular flexibility index (Phi) is 7.06. The van der Waals surface area contributed by atoms with E-state index in [4.69, 9.17) is 4.74 Å². The number of nitro benzene ring substituents is 1. The maximum Gasteiger partial charge on any atom is 0.271 e. The molecule has 1 amide bonds. The van der Waals surface area contributed by atoms with E-state index in [1.807, 2.05) is 0 Å². The van der Waals surface area contributed by atoms with Crippen LogP contribution in [0.3, 0.4) is 0 Å². The molecule has 0 saturated carbocycles. The van der Waals surface area contributed by atoms with Crippen LogP contribution in [0, 0.1) is 10.1 Å². The standard InChI is InChI=1S/C22H21N3O6S/c1-2-24(32(29,30)21-9-4-3-5-10-21)18-11-13-20(14-12-18)31-16-22(26)23-17-7-6-8-19(15-17)25(27)28/h3-15H,2,16H2,1H3,(H,23,26). The molecule has 1 N–H and O–H groups in total. The monoisotopic (exact) mass is 455 g/mol. The Labute approximate surface area is 185 Å². The number of benzene rings is 3. The lowest BCUT2D eigenvalue weighted by Gasteiger charge is -2.23. The van der Waals surface area contributed by atoms with E-state index in [0.29, 0.717) is 11.4 Å². The van der Waals surface area contributed by atoms with Gasteiger partial charge in [0.05, 0.1) is 15.5 Å². The number of amides is 1. The second-order valence-corrected chi connectivity index (χ2v) is 8.48. The Hall–Kier alpha value is -3.92. The van der Waals surface area contributed by atoms with Crippen molar-refractivity contribution in [1.82, 2.24) is 0 Å². The van der Waals surface area contributed by atoms with Crippen LogP contribution in [0.25, 0.3) is 0 Å². The van der Waals surface area contributed by atoms with Gasteiger partial charge >= 0.3 is 0 Å². The number of sulfonamides is 1. The molecule has 0 unspecified atom stereocenters. The van der Waals surface area contributed by atoms with Gasteiger partial charge in [-0.2, -0.15) is 0 Å². The van der Waals surface area contributed by atoms with Crippen LogP contribution in [0.5, 0.6) is 5.75 Å². The minimum atomic E-state index is -3.71. The molecule has 32 heavy (non-hydrogen) atoms. The SMILES string of the molecule is CCN(c1ccc(OCC(=O)Nc2cccc([N+](=O)[O-])c2)cc1)S(=O)(=O)c1ccccc1. The summed E-state index contributed by atoms with van der Waals surface area (Å²) in [6.07, 6.45) is 0. The van der Waals surface area contributed by atoms with E-state index in [9.17, 15) is 23.3 Å². The Balaban J connectivity index is 1.63. The number of nitrogens with one attached hydrogen (secondary N) is 1. The lowest BCUT2D eigenvalue weighted by atomic mass is 10.3. The minimum absolute atomic E-state index is 0.134. The van der Waals surface area contributed by atoms with E-state index in [1.54, 1.807) is 49.4 Å². The molecule has 0 aliphatic heterocycles. The van der Waals surface area contributed by atoms with Crippen LogP contribution in [0.15, 0.2) is 83.8 Å². The highest BCUT2D eigenvalue weighted by molar-refractivity contribution is 7.92. The first-order valence-electron chi connectivity index (χ1n) is 9.66. The first-order valence-corrected chi connectivity index (χ1v) is 11.1. The van der Waals surface area contributed by atoms with Crippen molar-refractivity contribution >= 4 is 33.0 Å². The largest absolute Gasteiger partial charge is 0.484 e. The van der Waals surface area contributed by atoms with Gasteiger partial charge in [-0.1, -0.05) is 24.3 Å². The molecule has 3 aromatic rings. The zero-order valence-corrected chi connectivity index (χ0v) is 18.0. The fourth-order valence-electron chi connectivity index (χ4n) is 2.96. The van der Waals surface area contributed by atoms with Crippen molar-refractivity contribution in [2.75, 3.05) is 22.8 Å². The molecule has 0 aliphatic rings. The summed E-state index contributed by atoms with van der Waals surface area (Å²) in [6.45, 7) is 1.66. The zero-order chi connectivity index (χ0) is 23.1. The average Bonchev–Trinajstić information content (AvgIpc) is 2.79. The number of hydrogen-bond acceptors (Lipinski definition) is 6. The van der Waals surface area contributed by atoms with Crippen molar-refractivity contribution in [3.05, 3.63) is 89.0 Å². The van der Waals surface area contributed by atoms with Gasteiger partial charge in [0.15, 0.2) is 6.61 Å². The van der Waals surface area contributed by atoms with Gasteiger partial charge in [0.2, 0.25) is 0 Å². The molecule has 0 heterocycles. The van der Waals surface area contributed by atoms with E-state index in [2.05, 4.69) is 5.32 Å². The van der Waals surface area contributed by atoms with E-state index in [0.717, 1.165) is 0 Å². The molecule has 0 spiro atoms. The number of carbonyl (C=O) groups excluding carboxylic acids is 1. The number of rotatable bonds is 9. The smallest absolute Gasteiger partial charge is 0.271 e. The highest BCUT2D eigenvalue weighted by Crippen LogP contribution is 2.25. The molecule has 0 saturated heterocycles. The molecule has 0 bridgehead atoms. The van der Waals surface area contributed by atoms with Crippen molar-refractivity contribution in [3.8, 4) is 5.75 Å². The molecule has 0 aliphatic carbocycles. The van der Waals surface area contributed by atoms with Gasteiger partial charge in [-0.05, 0) is 49.4 Å². The van der Waals surface area contributed by atoms with Crippen LogP contribution in [0.2, 0.25) is 0 Å². The van der Waals surface area contributed by atoms with Gasteiger partial charge in [-0.25, -0.2) is 8.42 Å². The number of nitrogens with zero attached hydrogens (tertiary/aromatic N) is 2. The van der Waals surface area contributed by atoms with E-state index in [-0.39, 0.29) is 29.4 Å². The number of non-ortho nitro benzene ring substituents is 1. The summed E-state index contributed by atoms with van der Waals surface area (Å²) in [7, 11) is -3.71. The summed E-state index contributed by atoms with van der Waals surface area (Å²) in [5, 5.41) is 13.3. The van der Waals surface area contributed by atoms with Crippen molar-refractivity contribution in [1.29, 1.82) is 0 Å². The molecule has 9 nitrogen and oxygen atoms in total.